The summed E-state index contributed by atoms with van der Waals surface area (Å²) in [7, 11) is 0. The number of aryl methyl sites for hydroxylation is 1. The lowest BCUT2D eigenvalue weighted by atomic mass is 9.93. The number of amides is 1. The summed E-state index contributed by atoms with van der Waals surface area (Å²) in [6, 6.07) is 9.28. The summed E-state index contributed by atoms with van der Waals surface area (Å²) in [6.07, 6.45) is 10.1. The van der Waals surface area contributed by atoms with Crippen LogP contribution in [0.25, 0.3) is 0 Å². The van der Waals surface area contributed by atoms with E-state index in [0.717, 1.165) is 31.5 Å². The molecule has 0 aromatic heterocycles. The molecule has 1 aromatic carbocycles. The second-order valence-corrected chi connectivity index (χ2v) is 7.14. The minimum atomic E-state index is 0.197. The molecule has 1 aromatic rings. The van der Waals surface area contributed by atoms with Crippen LogP contribution < -0.4 is 5.32 Å². The average Bonchev–Trinajstić information content (AvgIpc) is 2.62. The van der Waals surface area contributed by atoms with Crippen LogP contribution in [0.3, 0.4) is 0 Å². The first-order valence-corrected chi connectivity index (χ1v) is 9.40. The van der Waals surface area contributed by atoms with E-state index >= 15 is 0 Å². The van der Waals surface area contributed by atoms with E-state index in [0.29, 0.717) is 12.1 Å². The number of rotatable bonds is 4. The first kappa shape index (κ1) is 16.5. The molecule has 2 aliphatic rings. The van der Waals surface area contributed by atoms with Crippen molar-refractivity contribution in [2.24, 2.45) is 0 Å². The maximum absolute atomic E-state index is 12.7. The van der Waals surface area contributed by atoms with Crippen molar-refractivity contribution in [1.29, 1.82) is 0 Å². The van der Waals surface area contributed by atoms with E-state index in [9.17, 15) is 4.79 Å². The highest BCUT2D eigenvalue weighted by atomic mass is 16.2. The standard InChI is InChI=1S/C20H30N2O/c1-2-16-10-12-17(13-11-16)20(23)22-14-6-9-19(15-22)21-18-7-4-3-5-8-18/h10-13,18-19,21H,2-9,14-15H2,1H3. The maximum Gasteiger partial charge on any atom is 0.253 e. The predicted octanol–water partition coefficient (Wildman–Crippen LogP) is 3.78. The van der Waals surface area contributed by atoms with Crippen molar-refractivity contribution in [1.82, 2.24) is 10.2 Å². The van der Waals surface area contributed by atoms with Gasteiger partial charge in [-0.1, -0.05) is 38.3 Å². The highest BCUT2D eigenvalue weighted by Gasteiger charge is 2.26. The monoisotopic (exact) mass is 314 g/mol. The molecule has 3 nitrogen and oxygen atoms in total. The van der Waals surface area contributed by atoms with Crippen LogP contribution in [0.2, 0.25) is 0 Å². The zero-order valence-electron chi connectivity index (χ0n) is 14.4. The van der Waals surface area contributed by atoms with Gasteiger partial charge in [-0.3, -0.25) is 4.79 Å². The number of hydrogen-bond donors (Lipinski definition) is 1. The molecule has 1 N–H and O–H groups in total. The Morgan fingerprint density at radius 2 is 1.74 bits per heavy atom. The summed E-state index contributed by atoms with van der Waals surface area (Å²) < 4.78 is 0. The van der Waals surface area contributed by atoms with Crippen molar-refractivity contribution in [2.45, 2.75) is 70.4 Å². The van der Waals surface area contributed by atoms with Gasteiger partial charge in [-0.15, -0.1) is 0 Å². The lowest BCUT2D eigenvalue weighted by molar-refractivity contribution is 0.0686. The maximum atomic E-state index is 12.7. The predicted molar refractivity (Wildman–Crippen MR) is 94.8 cm³/mol. The summed E-state index contributed by atoms with van der Waals surface area (Å²) in [5, 5.41) is 3.82. The van der Waals surface area contributed by atoms with Crippen molar-refractivity contribution in [3.05, 3.63) is 35.4 Å². The zero-order chi connectivity index (χ0) is 16.1. The first-order chi connectivity index (χ1) is 11.3. The molecule has 1 saturated heterocycles. The second kappa shape index (κ2) is 7.96. The van der Waals surface area contributed by atoms with Crippen molar-refractivity contribution < 1.29 is 4.79 Å². The van der Waals surface area contributed by atoms with Gasteiger partial charge in [0.1, 0.15) is 0 Å². The summed E-state index contributed by atoms with van der Waals surface area (Å²) >= 11 is 0. The van der Waals surface area contributed by atoms with Crippen LogP contribution in [0.4, 0.5) is 0 Å². The molecule has 3 rings (SSSR count). The minimum absolute atomic E-state index is 0.197. The minimum Gasteiger partial charge on any atom is -0.337 e. The SMILES string of the molecule is CCc1ccc(C(=O)N2CCCC(NC3CCCCC3)C2)cc1. The van der Waals surface area contributed by atoms with E-state index in [1.165, 1.54) is 44.1 Å². The van der Waals surface area contributed by atoms with Crippen molar-refractivity contribution >= 4 is 5.91 Å². The normalized spacial score (nSPS) is 23.0. The molecule has 1 atom stereocenters. The van der Waals surface area contributed by atoms with Crippen LogP contribution in [0.5, 0.6) is 0 Å². The molecule has 0 spiro atoms. The molecule has 23 heavy (non-hydrogen) atoms. The van der Waals surface area contributed by atoms with E-state index in [-0.39, 0.29) is 5.91 Å². The topological polar surface area (TPSA) is 32.3 Å². The van der Waals surface area contributed by atoms with Gasteiger partial charge in [0.25, 0.3) is 5.91 Å². The molecule has 1 aliphatic carbocycles. The summed E-state index contributed by atoms with van der Waals surface area (Å²) in [6.45, 7) is 3.91. The molecule has 2 fully saturated rings. The highest BCUT2D eigenvalue weighted by Crippen LogP contribution is 2.20. The quantitative estimate of drug-likeness (QED) is 0.917. The fourth-order valence-electron chi connectivity index (χ4n) is 3.97. The molecule has 1 heterocycles. The third-order valence-electron chi connectivity index (χ3n) is 5.39. The average molecular weight is 314 g/mol. The smallest absolute Gasteiger partial charge is 0.253 e. The molecule has 0 bridgehead atoms. The number of likely N-dealkylation sites (tertiary alicyclic amines) is 1. The van der Waals surface area contributed by atoms with E-state index in [1.54, 1.807) is 0 Å². The number of benzene rings is 1. The summed E-state index contributed by atoms with van der Waals surface area (Å²) in [4.78, 5) is 14.8. The number of piperidine rings is 1. The highest BCUT2D eigenvalue weighted by molar-refractivity contribution is 5.94. The Bertz CT molecular complexity index is 505. The first-order valence-electron chi connectivity index (χ1n) is 9.40. The van der Waals surface area contributed by atoms with Gasteiger partial charge in [0.05, 0.1) is 0 Å². The van der Waals surface area contributed by atoms with Crippen LogP contribution in [-0.2, 0) is 6.42 Å². The van der Waals surface area contributed by atoms with Gasteiger partial charge in [-0.2, -0.15) is 0 Å². The van der Waals surface area contributed by atoms with E-state index in [1.807, 2.05) is 17.0 Å². The Morgan fingerprint density at radius 1 is 1.04 bits per heavy atom. The molecular formula is C20H30N2O. The molecule has 1 amide bonds. The van der Waals surface area contributed by atoms with Crippen LogP contribution in [0.15, 0.2) is 24.3 Å². The Labute approximate surface area is 140 Å². The lowest BCUT2D eigenvalue weighted by Gasteiger charge is -2.36. The molecule has 0 radical (unpaired) electrons. The van der Waals surface area contributed by atoms with Gasteiger partial charge >= 0.3 is 0 Å². The fraction of sp³-hybridized carbons (Fsp3) is 0.650. The summed E-state index contributed by atoms with van der Waals surface area (Å²) in [5.74, 6) is 0.197. The van der Waals surface area contributed by atoms with Crippen LogP contribution >= 0.6 is 0 Å². The largest absolute Gasteiger partial charge is 0.337 e. The molecular weight excluding hydrogens is 284 g/mol. The van der Waals surface area contributed by atoms with Gasteiger partial charge in [-0.05, 0) is 49.8 Å². The number of nitrogens with one attached hydrogen (secondary N) is 1. The molecule has 3 heteroatoms. The van der Waals surface area contributed by atoms with Crippen molar-refractivity contribution in [3.63, 3.8) is 0 Å². The van der Waals surface area contributed by atoms with Crippen LogP contribution in [0.1, 0.15) is 67.8 Å². The van der Waals surface area contributed by atoms with E-state index in [2.05, 4.69) is 24.4 Å². The van der Waals surface area contributed by atoms with E-state index in [4.69, 9.17) is 0 Å². The number of hydrogen-bond acceptors (Lipinski definition) is 2. The Morgan fingerprint density at radius 3 is 2.43 bits per heavy atom. The van der Waals surface area contributed by atoms with Gasteiger partial charge in [0.2, 0.25) is 0 Å². The zero-order valence-corrected chi connectivity index (χ0v) is 14.4. The lowest BCUT2D eigenvalue weighted by Crippen LogP contribution is -2.51. The Hall–Kier alpha value is -1.35. The van der Waals surface area contributed by atoms with Gasteiger partial charge in [0, 0.05) is 30.7 Å². The second-order valence-electron chi connectivity index (χ2n) is 7.14. The van der Waals surface area contributed by atoms with Crippen LogP contribution in [-0.4, -0.2) is 36.0 Å². The number of carbonyl (C=O) groups is 1. The number of nitrogens with zero attached hydrogens (tertiary/aromatic N) is 1. The Kier molecular flexibility index (Phi) is 5.71. The van der Waals surface area contributed by atoms with Gasteiger partial charge in [-0.25, -0.2) is 0 Å². The third-order valence-corrected chi connectivity index (χ3v) is 5.39. The fourth-order valence-corrected chi connectivity index (χ4v) is 3.97. The van der Waals surface area contributed by atoms with E-state index < -0.39 is 0 Å². The van der Waals surface area contributed by atoms with Crippen molar-refractivity contribution in [3.8, 4) is 0 Å². The molecule has 126 valence electrons. The Balaban J connectivity index is 1.57. The van der Waals surface area contributed by atoms with Gasteiger partial charge in [0.15, 0.2) is 0 Å². The van der Waals surface area contributed by atoms with Crippen molar-refractivity contribution in [2.75, 3.05) is 13.1 Å². The third kappa shape index (κ3) is 4.35. The molecule has 1 unspecified atom stereocenters. The molecule has 1 saturated carbocycles. The summed E-state index contributed by atoms with van der Waals surface area (Å²) in [5.41, 5.74) is 2.12. The van der Waals surface area contributed by atoms with Gasteiger partial charge < -0.3 is 10.2 Å². The number of carbonyl (C=O) groups excluding carboxylic acids is 1. The van der Waals surface area contributed by atoms with Crippen LogP contribution in [0, 0.1) is 0 Å². The molecule has 1 aliphatic heterocycles.